The molecule has 1 N–H and O–H groups in total. The van der Waals surface area contributed by atoms with Crippen molar-refractivity contribution in [1.29, 1.82) is 0 Å². The van der Waals surface area contributed by atoms with E-state index in [1.807, 2.05) is 0 Å². The van der Waals surface area contributed by atoms with E-state index >= 15 is 0 Å². The minimum absolute atomic E-state index is 0.101. The van der Waals surface area contributed by atoms with Crippen LogP contribution >= 0.6 is 0 Å². The van der Waals surface area contributed by atoms with E-state index in [1.54, 1.807) is 0 Å². The van der Waals surface area contributed by atoms with Gasteiger partial charge in [0.2, 0.25) is 0 Å². The number of H-pyrrole nitrogens is 1. The molecule has 3 rings (SSSR count). The number of hydrogen-bond acceptors (Lipinski definition) is 3. The Morgan fingerprint density at radius 3 is 2.41 bits per heavy atom. The highest BCUT2D eigenvalue weighted by atomic mass is 19.4. The van der Waals surface area contributed by atoms with E-state index < -0.39 is 23.3 Å². The molecule has 1 heterocycles. The van der Waals surface area contributed by atoms with Crippen LogP contribution in [0.25, 0.3) is 10.9 Å². The molecule has 0 bridgehead atoms. The number of ketones is 1. The lowest BCUT2D eigenvalue weighted by Crippen LogP contribution is -2.08. The van der Waals surface area contributed by atoms with Crippen LogP contribution in [0.1, 0.15) is 21.5 Å². The normalized spacial score (nSPS) is 11.6. The summed E-state index contributed by atoms with van der Waals surface area (Å²) >= 11 is 0. The van der Waals surface area contributed by atoms with Gasteiger partial charge in [0.1, 0.15) is 17.3 Å². The molecule has 0 amide bonds. The van der Waals surface area contributed by atoms with Gasteiger partial charge < -0.3 is 14.5 Å². The number of hydrogen-bond donors (Lipinski definition) is 1. The molecule has 8 heteroatoms. The highest BCUT2D eigenvalue weighted by Crippen LogP contribution is 2.39. The number of halogens is 4. The zero-order valence-corrected chi connectivity index (χ0v) is 14.4. The molecule has 142 valence electrons. The molecule has 0 aliphatic carbocycles. The molecule has 3 aromatic rings. The third-order valence-electron chi connectivity index (χ3n) is 4.21. The standard InChI is InChI=1S/C19H15F4NO3/c1-26-17-6-11(20)4-3-10(17)5-16(25)13-9-24-15-8-18(27-2)14(7-12(13)15)19(21,22)23/h3-4,6-9,24H,5H2,1-2H3. The summed E-state index contributed by atoms with van der Waals surface area (Å²) in [6, 6.07) is 5.83. The van der Waals surface area contributed by atoms with Gasteiger partial charge in [-0.15, -0.1) is 0 Å². The Labute approximate surface area is 151 Å². The Kier molecular flexibility index (Phi) is 4.82. The van der Waals surface area contributed by atoms with Crippen molar-refractivity contribution in [3.63, 3.8) is 0 Å². The van der Waals surface area contributed by atoms with Crippen LogP contribution < -0.4 is 9.47 Å². The van der Waals surface area contributed by atoms with Gasteiger partial charge in [-0.1, -0.05) is 6.07 Å². The van der Waals surface area contributed by atoms with Gasteiger partial charge in [0.05, 0.1) is 19.8 Å². The highest BCUT2D eigenvalue weighted by Gasteiger charge is 2.35. The topological polar surface area (TPSA) is 51.3 Å². The lowest BCUT2D eigenvalue weighted by Gasteiger charge is -2.12. The van der Waals surface area contributed by atoms with Gasteiger partial charge in [0.25, 0.3) is 0 Å². The van der Waals surface area contributed by atoms with E-state index in [-0.39, 0.29) is 28.9 Å². The molecule has 1 aromatic heterocycles. The van der Waals surface area contributed by atoms with E-state index in [2.05, 4.69) is 4.98 Å². The summed E-state index contributed by atoms with van der Waals surface area (Å²) in [5, 5.41) is 0.134. The molecule has 4 nitrogen and oxygen atoms in total. The number of benzene rings is 2. The Morgan fingerprint density at radius 1 is 1.07 bits per heavy atom. The Hall–Kier alpha value is -3.03. The largest absolute Gasteiger partial charge is 0.496 e. The number of alkyl halides is 3. The number of fused-ring (bicyclic) bond motifs is 1. The van der Waals surface area contributed by atoms with E-state index in [4.69, 9.17) is 9.47 Å². The second-order valence-electron chi connectivity index (χ2n) is 5.85. The van der Waals surface area contributed by atoms with Crippen LogP contribution in [0.3, 0.4) is 0 Å². The molecule has 27 heavy (non-hydrogen) atoms. The van der Waals surface area contributed by atoms with Gasteiger partial charge in [-0.05, 0) is 12.1 Å². The SMILES string of the molecule is COc1cc(F)ccc1CC(=O)c1c[nH]c2cc(OC)c(C(F)(F)F)cc12. The first kappa shape index (κ1) is 18.8. The summed E-state index contributed by atoms with van der Waals surface area (Å²) in [6.07, 6.45) is -3.43. The summed E-state index contributed by atoms with van der Waals surface area (Å²) in [5.41, 5.74) is -0.0906. The molecule has 0 saturated heterocycles. The third kappa shape index (κ3) is 3.60. The predicted molar refractivity (Wildman–Crippen MR) is 90.8 cm³/mol. The second-order valence-corrected chi connectivity index (χ2v) is 5.85. The number of ether oxygens (including phenoxy) is 2. The van der Waals surface area contributed by atoms with Crippen LogP contribution in [-0.2, 0) is 12.6 Å². The fraction of sp³-hybridized carbons (Fsp3) is 0.211. The van der Waals surface area contributed by atoms with Crippen LogP contribution in [0, 0.1) is 5.82 Å². The van der Waals surface area contributed by atoms with Crippen molar-refractivity contribution < 1.29 is 31.8 Å². The summed E-state index contributed by atoms with van der Waals surface area (Å²) < 4.78 is 62.9. The first-order valence-electron chi connectivity index (χ1n) is 7.86. The zero-order chi connectivity index (χ0) is 19.8. The monoisotopic (exact) mass is 381 g/mol. The minimum atomic E-state index is -4.63. The number of nitrogens with one attached hydrogen (secondary N) is 1. The molecule has 2 aromatic carbocycles. The fourth-order valence-corrected chi connectivity index (χ4v) is 2.90. The van der Waals surface area contributed by atoms with Gasteiger partial charge >= 0.3 is 6.18 Å². The van der Waals surface area contributed by atoms with Crippen molar-refractivity contribution >= 4 is 16.7 Å². The first-order chi connectivity index (χ1) is 12.7. The predicted octanol–water partition coefficient (Wildman–Crippen LogP) is 4.77. The van der Waals surface area contributed by atoms with E-state index in [1.165, 1.54) is 31.5 Å². The van der Waals surface area contributed by atoms with Crippen LogP contribution in [0.5, 0.6) is 11.5 Å². The molecule has 0 unspecified atom stereocenters. The number of carbonyl (C=O) groups excluding carboxylic acids is 1. The summed E-state index contributed by atoms with van der Waals surface area (Å²) in [6.45, 7) is 0. The maximum atomic E-state index is 13.3. The molecule has 0 aliphatic heterocycles. The molecule has 0 aliphatic rings. The number of Topliss-reactive ketones (excluding diaryl/α,β-unsaturated/α-hetero) is 1. The highest BCUT2D eigenvalue weighted by molar-refractivity contribution is 6.09. The van der Waals surface area contributed by atoms with Crippen LogP contribution in [0.2, 0.25) is 0 Å². The van der Waals surface area contributed by atoms with Gasteiger partial charge in [0.15, 0.2) is 5.78 Å². The number of carbonyl (C=O) groups is 1. The molecular formula is C19H15F4NO3. The van der Waals surface area contributed by atoms with Crippen LogP contribution in [0.15, 0.2) is 36.5 Å². The van der Waals surface area contributed by atoms with Gasteiger partial charge in [-0.25, -0.2) is 4.39 Å². The summed E-state index contributed by atoms with van der Waals surface area (Å²) in [4.78, 5) is 15.5. The van der Waals surface area contributed by atoms with Gasteiger partial charge in [0, 0.05) is 46.8 Å². The quantitative estimate of drug-likeness (QED) is 0.512. The van der Waals surface area contributed by atoms with Crippen molar-refractivity contribution in [1.82, 2.24) is 4.98 Å². The van der Waals surface area contributed by atoms with Crippen molar-refractivity contribution in [2.75, 3.05) is 14.2 Å². The van der Waals surface area contributed by atoms with E-state index in [0.29, 0.717) is 11.1 Å². The average molecular weight is 381 g/mol. The lowest BCUT2D eigenvalue weighted by molar-refractivity contribution is -0.138. The summed E-state index contributed by atoms with van der Waals surface area (Å²) in [7, 11) is 2.49. The average Bonchev–Trinajstić information content (AvgIpc) is 3.04. The molecule has 0 saturated carbocycles. The summed E-state index contributed by atoms with van der Waals surface area (Å²) in [5.74, 6) is -1.08. The molecular weight excluding hydrogens is 366 g/mol. The molecule has 0 radical (unpaired) electrons. The lowest BCUT2D eigenvalue weighted by atomic mass is 10.00. The number of aromatic nitrogens is 1. The fourth-order valence-electron chi connectivity index (χ4n) is 2.90. The second kappa shape index (κ2) is 6.94. The Morgan fingerprint density at radius 2 is 1.78 bits per heavy atom. The van der Waals surface area contributed by atoms with E-state index in [0.717, 1.165) is 19.2 Å². The smallest absolute Gasteiger partial charge is 0.419 e. The number of rotatable bonds is 5. The minimum Gasteiger partial charge on any atom is -0.496 e. The molecule has 0 spiro atoms. The number of methoxy groups -OCH3 is 2. The zero-order valence-electron chi connectivity index (χ0n) is 14.4. The first-order valence-corrected chi connectivity index (χ1v) is 7.86. The Bertz CT molecular complexity index is 1010. The maximum absolute atomic E-state index is 13.3. The van der Waals surface area contributed by atoms with Crippen molar-refractivity contribution in [3.05, 3.63) is 59.0 Å². The van der Waals surface area contributed by atoms with Crippen molar-refractivity contribution in [3.8, 4) is 11.5 Å². The van der Waals surface area contributed by atoms with Crippen molar-refractivity contribution in [2.45, 2.75) is 12.6 Å². The van der Waals surface area contributed by atoms with Crippen LogP contribution in [-0.4, -0.2) is 25.0 Å². The maximum Gasteiger partial charge on any atom is 0.419 e. The van der Waals surface area contributed by atoms with Gasteiger partial charge in [-0.3, -0.25) is 4.79 Å². The Balaban J connectivity index is 2.03. The number of aromatic amines is 1. The van der Waals surface area contributed by atoms with Crippen molar-refractivity contribution in [2.24, 2.45) is 0 Å². The van der Waals surface area contributed by atoms with E-state index in [9.17, 15) is 22.4 Å². The van der Waals surface area contributed by atoms with Crippen LogP contribution in [0.4, 0.5) is 17.6 Å². The molecule has 0 fully saturated rings. The van der Waals surface area contributed by atoms with Gasteiger partial charge in [-0.2, -0.15) is 13.2 Å². The molecule has 0 atom stereocenters. The third-order valence-corrected chi connectivity index (χ3v) is 4.21.